The summed E-state index contributed by atoms with van der Waals surface area (Å²) >= 11 is 1.74. The molecule has 2 aromatic rings. The van der Waals surface area contributed by atoms with E-state index >= 15 is 0 Å². The van der Waals surface area contributed by atoms with Crippen molar-refractivity contribution in [3.8, 4) is 0 Å². The normalized spacial score (nSPS) is 19.7. The van der Waals surface area contributed by atoms with Gasteiger partial charge in [-0.1, -0.05) is 6.07 Å². The van der Waals surface area contributed by atoms with Crippen LogP contribution in [-0.2, 0) is 6.54 Å². The summed E-state index contributed by atoms with van der Waals surface area (Å²) < 4.78 is 0. The summed E-state index contributed by atoms with van der Waals surface area (Å²) in [6, 6.07) is 4.45. The van der Waals surface area contributed by atoms with E-state index in [9.17, 15) is 0 Å². The fourth-order valence-electron chi connectivity index (χ4n) is 3.59. The van der Waals surface area contributed by atoms with Gasteiger partial charge in [0.05, 0.1) is 0 Å². The summed E-state index contributed by atoms with van der Waals surface area (Å²) in [6.07, 6.45) is 7.76. The van der Waals surface area contributed by atoms with Crippen molar-refractivity contribution in [2.24, 2.45) is 0 Å². The molecule has 24 heavy (non-hydrogen) atoms. The van der Waals surface area contributed by atoms with Crippen molar-refractivity contribution >= 4 is 22.3 Å². The molecule has 0 aliphatic carbocycles. The lowest BCUT2D eigenvalue weighted by atomic mass is 10.2. The van der Waals surface area contributed by atoms with Crippen molar-refractivity contribution in [1.82, 2.24) is 14.9 Å². The number of aromatic nitrogens is 2. The first-order valence-corrected chi connectivity index (χ1v) is 9.83. The van der Waals surface area contributed by atoms with Gasteiger partial charge in [0.2, 0.25) is 0 Å². The van der Waals surface area contributed by atoms with Gasteiger partial charge in [0.25, 0.3) is 0 Å². The van der Waals surface area contributed by atoms with E-state index in [1.165, 1.54) is 24.8 Å². The molecule has 4 heterocycles. The lowest BCUT2D eigenvalue weighted by Crippen LogP contribution is -2.30. The Hall–Kier alpha value is -1.66. The van der Waals surface area contributed by atoms with E-state index in [2.05, 4.69) is 48.4 Å². The van der Waals surface area contributed by atoms with Crippen LogP contribution in [0.4, 0.5) is 10.9 Å². The number of hydrogen-bond donors (Lipinski definition) is 0. The van der Waals surface area contributed by atoms with Gasteiger partial charge >= 0.3 is 0 Å². The molecule has 0 N–H and O–H groups in total. The average molecular weight is 344 g/mol. The van der Waals surface area contributed by atoms with Gasteiger partial charge in [0.1, 0.15) is 5.82 Å². The highest BCUT2D eigenvalue weighted by atomic mass is 32.1. The van der Waals surface area contributed by atoms with Crippen molar-refractivity contribution in [3.05, 3.63) is 35.5 Å². The lowest BCUT2D eigenvalue weighted by Gasteiger charge is -2.22. The first-order chi connectivity index (χ1) is 11.9. The largest absolute Gasteiger partial charge is 0.357 e. The molecular formula is C18H25N5S. The van der Waals surface area contributed by atoms with Crippen molar-refractivity contribution < 1.29 is 0 Å². The zero-order valence-corrected chi connectivity index (χ0v) is 14.9. The van der Waals surface area contributed by atoms with Crippen LogP contribution in [0, 0.1) is 0 Å². The predicted octanol–water partition coefficient (Wildman–Crippen LogP) is 2.85. The Morgan fingerprint density at radius 1 is 0.875 bits per heavy atom. The molecule has 0 amide bonds. The molecule has 2 aromatic heterocycles. The fraction of sp³-hybridized carbons (Fsp3) is 0.556. The Morgan fingerprint density at radius 3 is 2.50 bits per heavy atom. The monoisotopic (exact) mass is 343 g/mol. The molecule has 5 nitrogen and oxygen atoms in total. The zero-order chi connectivity index (χ0) is 16.2. The summed E-state index contributed by atoms with van der Waals surface area (Å²) in [5.74, 6) is 1.14. The summed E-state index contributed by atoms with van der Waals surface area (Å²) in [5, 5.41) is 3.22. The van der Waals surface area contributed by atoms with Gasteiger partial charge in [0.15, 0.2) is 5.13 Å². The molecule has 2 aliphatic rings. The van der Waals surface area contributed by atoms with Crippen LogP contribution in [0.5, 0.6) is 0 Å². The van der Waals surface area contributed by atoms with Gasteiger partial charge in [-0.25, -0.2) is 9.97 Å². The van der Waals surface area contributed by atoms with Crippen molar-refractivity contribution in [2.45, 2.75) is 25.8 Å². The molecule has 0 aromatic carbocycles. The topological polar surface area (TPSA) is 35.5 Å². The molecule has 0 spiro atoms. The van der Waals surface area contributed by atoms with Crippen molar-refractivity contribution in [2.75, 3.05) is 49.1 Å². The highest BCUT2D eigenvalue weighted by molar-refractivity contribution is 7.13. The number of pyridine rings is 1. The minimum Gasteiger partial charge on any atom is -0.357 e. The molecule has 0 bridgehead atoms. The van der Waals surface area contributed by atoms with Gasteiger partial charge in [-0.3, -0.25) is 4.90 Å². The number of thiazole rings is 1. The number of anilines is 2. The van der Waals surface area contributed by atoms with E-state index in [0.717, 1.165) is 56.8 Å². The van der Waals surface area contributed by atoms with Gasteiger partial charge < -0.3 is 9.80 Å². The van der Waals surface area contributed by atoms with Crippen LogP contribution in [0.15, 0.2) is 29.9 Å². The molecule has 4 rings (SSSR count). The summed E-state index contributed by atoms with van der Waals surface area (Å²) in [7, 11) is 0. The third-order valence-corrected chi connectivity index (χ3v) is 5.76. The SMILES string of the molecule is c1csc(N2CCCN(Cc3ccc(N4CCCC4)nc3)CC2)n1. The first-order valence-electron chi connectivity index (χ1n) is 8.95. The number of hydrogen-bond acceptors (Lipinski definition) is 6. The predicted molar refractivity (Wildman–Crippen MR) is 99.9 cm³/mol. The molecule has 2 saturated heterocycles. The first kappa shape index (κ1) is 15.8. The molecule has 0 radical (unpaired) electrons. The maximum absolute atomic E-state index is 4.69. The molecule has 6 heteroatoms. The minimum absolute atomic E-state index is 0.999. The summed E-state index contributed by atoms with van der Waals surface area (Å²) in [5.41, 5.74) is 1.32. The van der Waals surface area contributed by atoms with Crippen LogP contribution in [0.25, 0.3) is 0 Å². The van der Waals surface area contributed by atoms with Crippen molar-refractivity contribution in [1.29, 1.82) is 0 Å². The Bertz CT molecular complexity index is 621. The van der Waals surface area contributed by atoms with Gasteiger partial charge in [-0.15, -0.1) is 11.3 Å². The van der Waals surface area contributed by atoms with E-state index in [-0.39, 0.29) is 0 Å². The van der Waals surface area contributed by atoms with Gasteiger partial charge in [-0.05, 0) is 30.9 Å². The molecular weight excluding hydrogens is 318 g/mol. The van der Waals surface area contributed by atoms with E-state index in [1.807, 2.05) is 6.20 Å². The summed E-state index contributed by atoms with van der Waals surface area (Å²) in [6.45, 7) is 7.72. The molecule has 2 fully saturated rings. The second-order valence-electron chi connectivity index (χ2n) is 6.65. The standard InChI is InChI=1S/C18H25N5S/c1-2-9-22(8-1)17-5-4-16(14-20-17)15-21-7-3-10-23(12-11-21)18-19-6-13-24-18/h4-6,13-14H,1-3,7-12,15H2. The van der Waals surface area contributed by atoms with Crippen LogP contribution < -0.4 is 9.80 Å². The van der Waals surface area contributed by atoms with Gasteiger partial charge in [0, 0.05) is 63.6 Å². The van der Waals surface area contributed by atoms with E-state index in [1.54, 1.807) is 11.3 Å². The highest BCUT2D eigenvalue weighted by Gasteiger charge is 2.17. The Balaban J connectivity index is 1.33. The Morgan fingerprint density at radius 2 is 1.75 bits per heavy atom. The fourth-order valence-corrected chi connectivity index (χ4v) is 4.29. The minimum atomic E-state index is 0.999. The molecule has 0 atom stereocenters. The van der Waals surface area contributed by atoms with Crippen LogP contribution >= 0.6 is 11.3 Å². The molecule has 0 saturated carbocycles. The highest BCUT2D eigenvalue weighted by Crippen LogP contribution is 2.21. The van der Waals surface area contributed by atoms with Crippen LogP contribution in [0.3, 0.4) is 0 Å². The van der Waals surface area contributed by atoms with Crippen LogP contribution in [-0.4, -0.2) is 54.1 Å². The molecule has 2 aliphatic heterocycles. The third-order valence-electron chi connectivity index (χ3n) is 4.92. The van der Waals surface area contributed by atoms with E-state index < -0.39 is 0 Å². The molecule has 0 unspecified atom stereocenters. The zero-order valence-electron chi connectivity index (χ0n) is 14.1. The van der Waals surface area contributed by atoms with Crippen LogP contribution in [0.1, 0.15) is 24.8 Å². The average Bonchev–Trinajstić information content (AvgIpc) is 3.28. The summed E-state index contributed by atoms with van der Waals surface area (Å²) in [4.78, 5) is 16.5. The molecule has 128 valence electrons. The number of nitrogens with zero attached hydrogens (tertiary/aromatic N) is 5. The van der Waals surface area contributed by atoms with Crippen LogP contribution in [0.2, 0.25) is 0 Å². The Kier molecular flexibility index (Phi) is 4.94. The smallest absolute Gasteiger partial charge is 0.185 e. The Labute approximate surface area is 147 Å². The maximum Gasteiger partial charge on any atom is 0.185 e. The number of rotatable bonds is 4. The van der Waals surface area contributed by atoms with Crippen molar-refractivity contribution in [3.63, 3.8) is 0 Å². The third kappa shape index (κ3) is 3.70. The van der Waals surface area contributed by atoms with E-state index in [0.29, 0.717) is 0 Å². The maximum atomic E-state index is 4.69. The quantitative estimate of drug-likeness (QED) is 0.853. The lowest BCUT2D eigenvalue weighted by molar-refractivity contribution is 0.285. The second-order valence-corrected chi connectivity index (χ2v) is 7.52. The van der Waals surface area contributed by atoms with Gasteiger partial charge in [-0.2, -0.15) is 0 Å². The second kappa shape index (κ2) is 7.49. The van der Waals surface area contributed by atoms with E-state index in [4.69, 9.17) is 0 Å².